The molecule has 1 unspecified atom stereocenters. The molecule has 0 saturated heterocycles. The molecule has 4 saturated carbocycles. The van der Waals surface area contributed by atoms with Crippen molar-refractivity contribution < 1.29 is 9.47 Å². The minimum Gasteiger partial charge on any atom is -0.458 e. The first-order valence-electron chi connectivity index (χ1n) is 43.7. The van der Waals surface area contributed by atoms with Crippen LogP contribution in [0.4, 0.5) is 68.2 Å². The lowest BCUT2D eigenvalue weighted by Crippen LogP contribution is -2.87. The largest absolute Gasteiger partial charge is 0.458 e. The van der Waals surface area contributed by atoms with Gasteiger partial charge in [0, 0.05) is 69.0 Å². The molecule has 4 aliphatic carbocycles. The molecule has 4 bridgehead atoms. The first-order valence-corrected chi connectivity index (χ1v) is 47.7. The van der Waals surface area contributed by atoms with Crippen LogP contribution in [0.1, 0.15) is 76.0 Å². The average molecular weight is 1590 g/mol. The maximum absolute atomic E-state index is 7.75. The first kappa shape index (κ1) is 70.9. The van der Waals surface area contributed by atoms with Gasteiger partial charge in [-0.15, -0.1) is 0 Å². The molecule has 10 aliphatic rings. The lowest BCUT2D eigenvalue weighted by atomic mass is 9.34. The van der Waals surface area contributed by atoms with Crippen molar-refractivity contribution in [3.05, 3.63) is 387 Å². The van der Waals surface area contributed by atoms with Crippen molar-refractivity contribution in [2.24, 2.45) is 17.8 Å². The molecular formula is C111H88B2N4O2Si2. The number of hydrogen-bond donors (Lipinski definition) is 0. The third kappa shape index (κ3) is 10.4. The Balaban J connectivity index is 0.668. The monoisotopic (exact) mass is 1590 g/mol. The van der Waals surface area contributed by atoms with Crippen molar-refractivity contribution in [1.29, 1.82) is 0 Å². The number of aryl methyl sites for hydroxylation is 1. The summed E-state index contributed by atoms with van der Waals surface area (Å²) in [6.45, 7) is 9.08. The minimum absolute atomic E-state index is 0.0968. The summed E-state index contributed by atoms with van der Waals surface area (Å²) in [4.78, 5) is 10.1. The highest BCUT2D eigenvalue weighted by Crippen LogP contribution is 2.61. The van der Waals surface area contributed by atoms with Crippen molar-refractivity contribution in [2.45, 2.75) is 77.0 Å². The Morgan fingerprint density at radius 1 is 0.314 bits per heavy atom. The summed E-state index contributed by atoms with van der Waals surface area (Å²) < 4.78 is 15.5. The number of hydrogen-bond acceptors (Lipinski definition) is 6. The van der Waals surface area contributed by atoms with Crippen LogP contribution in [0.2, 0.25) is 0 Å². The fourth-order valence-corrected chi connectivity index (χ4v) is 35.4. The summed E-state index contributed by atoms with van der Waals surface area (Å²) in [5, 5.41) is 11.0. The van der Waals surface area contributed by atoms with E-state index in [1.54, 1.807) is 0 Å². The molecule has 6 heterocycles. The van der Waals surface area contributed by atoms with Gasteiger partial charge in [-0.2, -0.15) is 0 Å². The maximum atomic E-state index is 7.75. The van der Waals surface area contributed by atoms with Crippen LogP contribution in [-0.4, -0.2) is 29.6 Å². The average Bonchev–Trinajstić information content (AvgIpc) is 0.670. The highest BCUT2D eigenvalue weighted by Gasteiger charge is 2.59. The third-order valence-corrected chi connectivity index (χ3v) is 38.9. The van der Waals surface area contributed by atoms with Gasteiger partial charge in [0.2, 0.25) is 0 Å². The van der Waals surface area contributed by atoms with Gasteiger partial charge in [0.05, 0.1) is 11.4 Å². The van der Waals surface area contributed by atoms with Crippen LogP contribution in [0.15, 0.2) is 370 Å². The van der Waals surface area contributed by atoms with Crippen LogP contribution < -0.4 is 103 Å². The first-order chi connectivity index (χ1) is 59.4. The van der Waals surface area contributed by atoms with E-state index in [0.717, 1.165) is 103 Å². The van der Waals surface area contributed by atoms with Crippen LogP contribution in [0.5, 0.6) is 23.0 Å². The second-order valence-electron chi connectivity index (χ2n) is 36.9. The van der Waals surface area contributed by atoms with Gasteiger partial charge in [-0.3, -0.25) is 0 Å². The second-order valence-corrected chi connectivity index (χ2v) is 44.3. The molecule has 0 spiro atoms. The van der Waals surface area contributed by atoms with Crippen LogP contribution >= 0.6 is 0 Å². The molecule has 4 fully saturated rings. The van der Waals surface area contributed by atoms with E-state index in [1.165, 1.54) is 147 Å². The fraction of sp³-hybridized carbons (Fsp3) is 0.135. The molecule has 6 aliphatic heterocycles. The molecule has 10 heteroatoms. The zero-order chi connectivity index (χ0) is 80.2. The van der Waals surface area contributed by atoms with E-state index >= 15 is 0 Å². The molecule has 0 N–H and O–H groups in total. The Kier molecular flexibility index (Phi) is 15.6. The molecule has 121 heavy (non-hydrogen) atoms. The highest BCUT2D eigenvalue weighted by molar-refractivity contribution is 7.28. The summed E-state index contributed by atoms with van der Waals surface area (Å²) >= 11 is 0. The van der Waals surface area contributed by atoms with Crippen molar-refractivity contribution in [2.75, 3.05) is 19.6 Å². The number of rotatable bonds is 14. The Labute approximate surface area is 711 Å². The SMILES string of the molecule is Cc1cc(N2c3cc(N(c4ccccc4)c4cccc(-c5cccc([Si]6(c7ccccc7)c7cccc8c7B7c9c(cc(N(c%10ccccc%10)c%10ccccc%10)cc9N(c9ccc(C%10%11CC%12CC(CC(C%12)C%10)C%11)cc9)c9cccc6c97)O8)c5)c4)cc4c3B3c5c(cccc5[Si](c5ccccc5)(c5ccccc5)c5cccc2c53)O4)cc(C(C)(C)C)c1. The Morgan fingerprint density at radius 3 is 1.17 bits per heavy atom. The summed E-state index contributed by atoms with van der Waals surface area (Å²) in [7, 11) is -6.41. The smallest absolute Gasteiger partial charge is 0.256 e. The molecule has 16 aromatic carbocycles. The fourth-order valence-electron chi connectivity index (χ4n) is 24.8. The van der Waals surface area contributed by atoms with Gasteiger partial charge in [-0.05, 0) is 285 Å². The second kappa shape index (κ2) is 26.7. The zero-order valence-electron chi connectivity index (χ0n) is 68.5. The van der Waals surface area contributed by atoms with E-state index in [9.17, 15) is 0 Å². The Bertz CT molecular complexity index is 6810. The van der Waals surface area contributed by atoms with Gasteiger partial charge in [0.1, 0.15) is 23.0 Å². The Morgan fingerprint density at radius 2 is 0.702 bits per heavy atom. The van der Waals surface area contributed by atoms with Gasteiger partial charge in [0.25, 0.3) is 13.4 Å². The van der Waals surface area contributed by atoms with Crippen LogP contribution in [0.25, 0.3) is 11.1 Å². The summed E-state index contributed by atoms with van der Waals surface area (Å²) in [5.74, 6) is 6.16. The predicted molar refractivity (Wildman–Crippen MR) is 511 cm³/mol. The lowest BCUT2D eigenvalue weighted by Gasteiger charge is -2.57. The zero-order valence-corrected chi connectivity index (χ0v) is 70.5. The van der Waals surface area contributed by atoms with Crippen LogP contribution in [-0.2, 0) is 10.8 Å². The van der Waals surface area contributed by atoms with Gasteiger partial charge in [-0.1, -0.05) is 269 Å². The minimum atomic E-state index is -3.37. The molecule has 16 aromatic rings. The molecular weight excluding hydrogens is 1500 g/mol. The number of nitrogens with zero attached hydrogens (tertiary/aromatic N) is 4. The van der Waals surface area contributed by atoms with E-state index in [1.807, 2.05) is 0 Å². The predicted octanol–water partition coefficient (Wildman–Crippen LogP) is 18.6. The van der Waals surface area contributed by atoms with Crippen LogP contribution in [0.3, 0.4) is 0 Å². The van der Waals surface area contributed by atoms with Gasteiger partial charge < -0.3 is 29.1 Å². The molecule has 26 rings (SSSR count). The van der Waals surface area contributed by atoms with E-state index < -0.39 is 16.1 Å². The summed E-state index contributed by atoms with van der Waals surface area (Å²) in [5.41, 5.74) is 27.5. The van der Waals surface area contributed by atoms with E-state index in [-0.39, 0.29) is 24.3 Å². The number of para-hydroxylation sites is 3. The van der Waals surface area contributed by atoms with Gasteiger partial charge in [-0.25, -0.2) is 0 Å². The number of anilines is 12. The third-order valence-electron chi connectivity index (χ3n) is 29.1. The highest BCUT2D eigenvalue weighted by atomic mass is 28.3. The number of ether oxygens (including phenoxy) is 2. The summed E-state index contributed by atoms with van der Waals surface area (Å²) in [6, 6.07) is 142. The molecule has 1 atom stereocenters. The number of benzene rings is 16. The topological polar surface area (TPSA) is 31.4 Å². The van der Waals surface area contributed by atoms with E-state index in [0.29, 0.717) is 0 Å². The van der Waals surface area contributed by atoms with Gasteiger partial charge >= 0.3 is 0 Å². The van der Waals surface area contributed by atoms with E-state index in [4.69, 9.17) is 9.47 Å². The molecule has 578 valence electrons. The lowest BCUT2D eigenvalue weighted by molar-refractivity contribution is -0.00518. The molecule has 0 amide bonds. The standard InChI is InChI=1S/C111H88B2N4O2Si2/c1-72-57-79(110(2,3)4)64-85(58-72)117-93-46-26-49-100-107(93)113-105-95(117)66-87(68-99(105)118-96-47-27-51-102(108(96)113)120(100,88-38-17-8-18-39-88)89-40-19-9-20-41-89)115(82-35-15-7-16-36-82)84-37-23-29-76(62-84)77-30-24-44-91(63-77)121(90-42-21-10-22-43-90)101-50-25-45-92-106(101)112-104-94(116(92)83-55-53-78(54-56-83)111-69-73-59-74(70-111)61-75(60-73)71-111)65-86(67-98(104)119-97-48-28-52-103(121)109(97)112)114(80-31-11-5-12-32-80)81-33-13-6-14-34-81/h5-58,62-68,73-75H,59-61,69-71H2,1-4H3. The molecule has 0 aromatic heterocycles. The van der Waals surface area contributed by atoms with Crippen molar-refractivity contribution in [3.63, 3.8) is 0 Å². The van der Waals surface area contributed by atoms with Crippen molar-refractivity contribution in [1.82, 2.24) is 0 Å². The molecule has 0 radical (unpaired) electrons. The quantitative estimate of drug-likeness (QED) is 0.101. The van der Waals surface area contributed by atoms with E-state index in [2.05, 4.69) is 417 Å². The van der Waals surface area contributed by atoms with Crippen molar-refractivity contribution >= 4 is 172 Å². The normalized spacial score (nSPS) is 19.3. The molecule has 6 nitrogen and oxygen atoms in total. The van der Waals surface area contributed by atoms with Crippen LogP contribution in [0, 0.1) is 24.7 Å². The van der Waals surface area contributed by atoms with Crippen molar-refractivity contribution in [3.8, 4) is 34.1 Å². The Hall–Kier alpha value is -13.1. The van der Waals surface area contributed by atoms with Gasteiger partial charge in [0.15, 0.2) is 16.1 Å². The maximum Gasteiger partial charge on any atom is 0.256 e. The summed E-state index contributed by atoms with van der Waals surface area (Å²) in [6.07, 6.45) is 8.24.